The van der Waals surface area contributed by atoms with Crippen molar-refractivity contribution in [2.75, 3.05) is 19.6 Å². The van der Waals surface area contributed by atoms with E-state index in [-0.39, 0.29) is 24.1 Å². The summed E-state index contributed by atoms with van der Waals surface area (Å²) >= 11 is 6.79. The molecule has 1 aliphatic carbocycles. The molecule has 1 amide bonds. The van der Waals surface area contributed by atoms with Crippen molar-refractivity contribution < 1.29 is 18.0 Å². The number of aromatic nitrogens is 3. The highest BCUT2D eigenvalue weighted by Gasteiger charge is 2.32. The second kappa shape index (κ2) is 9.95. The number of nitrogens with zero attached hydrogens (tertiary/aromatic N) is 5. The van der Waals surface area contributed by atoms with Crippen molar-refractivity contribution in [3.05, 3.63) is 87.0 Å². The van der Waals surface area contributed by atoms with E-state index >= 15 is 0 Å². The van der Waals surface area contributed by atoms with E-state index < -0.39 is 17.5 Å². The highest BCUT2D eigenvalue weighted by Crippen LogP contribution is 2.37. The number of halogens is 4. The molecule has 1 aliphatic heterocycles. The van der Waals surface area contributed by atoms with Gasteiger partial charge in [0.15, 0.2) is 17.3 Å². The van der Waals surface area contributed by atoms with Gasteiger partial charge in [0.1, 0.15) is 16.5 Å². The van der Waals surface area contributed by atoms with E-state index in [0.29, 0.717) is 42.1 Å². The van der Waals surface area contributed by atoms with E-state index in [4.69, 9.17) is 16.6 Å². The van der Waals surface area contributed by atoms with Crippen LogP contribution in [0.3, 0.4) is 0 Å². The zero-order valence-electron chi connectivity index (χ0n) is 21.6. The Morgan fingerprint density at radius 3 is 2.72 bits per heavy atom. The summed E-state index contributed by atoms with van der Waals surface area (Å²) in [5.74, 6) is -3.30. The first-order chi connectivity index (χ1) is 18.7. The zero-order chi connectivity index (χ0) is 27.4. The molecule has 2 aromatic carbocycles. The Balaban J connectivity index is 1.27. The Labute approximate surface area is 229 Å². The summed E-state index contributed by atoms with van der Waals surface area (Å²) in [5, 5.41) is 4.86. The Bertz CT molecular complexity index is 1620. The summed E-state index contributed by atoms with van der Waals surface area (Å²) in [6.45, 7) is 5.26. The van der Waals surface area contributed by atoms with Crippen molar-refractivity contribution >= 4 is 23.2 Å². The number of carbonyl (C=O) groups excluding carboxylic acids is 1. The summed E-state index contributed by atoms with van der Waals surface area (Å²) in [5.41, 5.74) is 5.94. The first-order valence-electron chi connectivity index (χ1n) is 13.1. The molecule has 3 heterocycles. The second-order valence-electron chi connectivity index (χ2n) is 10.3. The van der Waals surface area contributed by atoms with Crippen LogP contribution in [0.1, 0.15) is 46.5 Å². The second-order valence-corrected chi connectivity index (χ2v) is 10.7. The molecule has 0 bridgehead atoms. The Kier molecular flexibility index (Phi) is 6.59. The van der Waals surface area contributed by atoms with Gasteiger partial charge in [-0.25, -0.2) is 22.7 Å². The van der Waals surface area contributed by atoms with Crippen LogP contribution in [0.5, 0.6) is 0 Å². The predicted octanol–water partition coefficient (Wildman–Crippen LogP) is 5.47. The first-order valence-corrected chi connectivity index (χ1v) is 13.5. The summed E-state index contributed by atoms with van der Waals surface area (Å²) < 4.78 is 43.0. The van der Waals surface area contributed by atoms with Crippen molar-refractivity contribution in [2.45, 2.75) is 45.7 Å². The third-order valence-electron chi connectivity index (χ3n) is 7.82. The van der Waals surface area contributed by atoms with Gasteiger partial charge in [-0.3, -0.25) is 9.69 Å². The molecule has 1 fully saturated rings. The molecule has 0 N–H and O–H groups in total. The SMILES string of the molecule is CCc1ccc2c(c1)CCc1c-2nc2c(C(=O)N3CCN(Cc4cc(F)cc(F)c4F)C[C@H]3C)cnn2c1Cl. The number of carbonyl (C=O) groups is 1. The lowest BCUT2D eigenvalue weighted by atomic mass is 9.88. The fourth-order valence-electron chi connectivity index (χ4n) is 5.75. The molecule has 2 aliphatic rings. The summed E-state index contributed by atoms with van der Waals surface area (Å²) in [6, 6.07) is 7.71. The van der Waals surface area contributed by atoms with Gasteiger partial charge in [-0.15, -0.1) is 0 Å². The van der Waals surface area contributed by atoms with Gasteiger partial charge in [0.2, 0.25) is 0 Å². The lowest BCUT2D eigenvalue weighted by Crippen LogP contribution is -2.53. The van der Waals surface area contributed by atoms with Gasteiger partial charge in [-0.05, 0) is 43.4 Å². The van der Waals surface area contributed by atoms with Gasteiger partial charge in [0.25, 0.3) is 5.91 Å². The number of rotatable bonds is 4. The van der Waals surface area contributed by atoms with Crippen molar-refractivity contribution in [1.29, 1.82) is 0 Å². The van der Waals surface area contributed by atoms with Gasteiger partial charge < -0.3 is 4.90 Å². The molecule has 6 rings (SSSR count). The standard InChI is InChI=1S/C29H27ClF3N5O/c1-3-17-4-6-21-18(10-17)5-7-22-26(21)35-28-23(13-34-38(28)27(22)30)29(39)37-9-8-36(14-16(37)2)15-19-11-20(31)12-24(32)25(19)33/h4,6,10-13,16H,3,5,7-9,14-15H2,1-2H3/t16-/m1/s1. The van der Waals surface area contributed by atoms with Crippen LogP contribution < -0.4 is 0 Å². The van der Waals surface area contributed by atoms with Crippen LogP contribution in [-0.4, -0.2) is 56.0 Å². The monoisotopic (exact) mass is 553 g/mol. The van der Waals surface area contributed by atoms with E-state index in [1.807, 2.05) is 11.8 Å². The minimum Gasteiger partial charge on any atom is -0.333 e. The smallest absolute Gasteiger partial charge is 0.259 e. The average Bonchev–Trinajstić information content (AvgIpc) is 3.35. The lowest BCUT2D eigenvalue weighted by molar-refractivity contribution is 0.0474. The van der Waals surface area contributed by atoms with E-state index in [9.17, 15) is 18.0 Å². The van der Waals surface area contributed by atoms with Crippen molar-refractivity contribution in [3.63, 3.8) is 0 Å². The maximum absolute atomic E-state index is 14.2. The minimum atomic E-state index is -1.21. The summed E-state index contributed by atoms with van der Waals surface area (Å²) in [4.78, 5) is 22.2. The van der Waals surface area contributed by atoms with Crippen molar-refractivity contribution in [1.82, 2.24) is 24.4 Å². The maximum atomic E-state index is 14.2. The fraction of sp³-hybridized carbons (Fsp3) is 0.345. The molecule has 6 nitrogen and oxygen atoms in total. The highest BCUT2D eigenvalue weighted by molar-refractivity contribution is 6.31. The van der Waals surface area contributed by atoms with E-state index in [0.717, 1.165) is 42.1 Å². The van der Waals surface area contributed by atoms with Crippen LogP contribution in [-0.2, 0) is 25.8 Å². The van der Waals surface area contributed by atoms with E-state index in [2.05, 4.69) is 30.2 Å². The lowest BCUT2D eigenvalue weighted by Gasteiger charge is -2.39. The van der Waals surface area contributed by atoms with Crippen LogP contribution in [0, 0.1) is 17.5 Å². The summed E-state index contributed by atoms with van der Waals surface area (Å²) in [6.07, 6.45) is 4.07. The number of hydrogen-bond acceptors (Lipinski definition) is 4. The topological polar surface area (TPSA) is 53.7 Å². The number of fused-ring (bicyclic) bond motifs is 4. The molecule has 0 radical (unpaired) electrons. The number of piperazine rings is 1. The molecule has 1 saturated heterocycles. The molecule has 39 heavy (non-hydrogen) atoms. The number of amides is 1. The fourth-order valence-corrected chi connectivity index (χ4v) is 6.06. The van der Waals surface area contributed by atoms with Gasteiger partial charge >= 0.3 is 0 Å². The Morgan fingerprint density at radius 1 is 1.13 bits per heavy atom. The molecule has 4 aromatic rings. The number of benzene rings is 2. The zero-order valence-corrected chi connectivity index (χ0v) is 22.4. The molecule has 0 unspecified atom stereocenters. The Morgan fingerprint density at radius 2 is 1.95 bits per heavy atom. The molecule has 202 valence electrons. The van der Waals surface area contributed by atoms with Crippen LogP contribution >= 0.6 is 11.6 Å². The van der Waals surface area contributed by atoms with Gasteiger partial charge in [-0.1, -0.05) is 36.7 Å². The van der Waals surface area contributed by atoms with Crippen LogP contribution in [0.2, 0.25) is 5.15 Å². The van der Waals surface area contributed by atoms with Crippen LogP contribution in [0.4, 0.5) is 13.2 Å². The van der Waals surface area contributed by atoms with Crippen LogP contribution in [0.15, 0.2) is 36.5 Å². The molecule has 2 aromatic heterocycles. The van der Waals surface area contributed by atoms with Crippen LogP contribution in [0.25, 0.3) is 16.9 Å². The quantitative estimate of drug-likeness (QED) is 0.248. The Hall–Kier alpha value is -3.43. The molecular formula is C29H27ClF3N5O. The molecule has 10 heteroatoms. The van der Waals surface area contributed by atoms with Crippen molar-refractivity contribution in [2.24, 2.45) is 0 Å². The normalized spacial score (nSPS) is 17.4. The molecule has 0 saturated carbocycles. The average molecular weight is 554 g/mol. The van der Waals surface area contributed by atoms with Gasteiger partial charge in [0, 0.05) is 55.0 Å². The molecule has 1 atom stereocenters. The molecular weight excluding hydrogens is 527 g/mol. The maximum Gasteiger partial charge on any atom is 0.259 e. The third kappa shape index (κ3) is 4.47. The third-order valence-corrected chi connectivity index (χ3v) is 8.21. The minimum absolute atomic E-state index is 0.0444. The largest absolute Gasteiger partial charge is 0.333 e. The van der Waals surface area contributed by atoms with E-state index in [1.165, 1.54) is 21.8 Å². The predicted molar refractivity (Wildman–Crippen MR) is 142 cm³/mol. The van der Waals surface area contributed by atoms with E-state index in [1.54, 1.807) is 4.90 Å². The first kappa shape index (κ1) is 25.8. The van der Waals surface area contributed by atoms with Crippen molar-refractivity contribution in [3.8, 4) is 11.3 Å². The highest BCUT2D eigenvalue weighted by atomic mass is 35.5. The number of hydrogen-bond donors (Lipinski definition) is 0. The molecule has 0 spiro atoms. The number of aryl methyl sites for hydroxylation is 2. The van der Waals surface area contributed by atoms with Gasteiger partial charge in [0.05, 0.1) is 11.9 Å². The summed E-state index contributed by atoms with van der Waals surface area (Å²) in [7, 11) is 0. The van der Waals surface area contributed by atoms with Gasteiger partial charge in [-0.2, -0.15) is 5.10 Å².